The van der Waals surface area contributed by atoms with Gasteiger partial charge in [0.05, 0.1) is 12.1 Å². The van der Waals surface area contributed by atoms with Crippen LogP contribution in [-0.2, 0) is 0 Å². The molecule has 10 N–H and O–H groups in total. The van der Waals surface area contributed by atoms with E-state index in [0.29, 0.717) is 0 Å². The van der Waals surface area contributed by atoms with Crippen molar-refractivity contribution >= 4 is 40.2 Å². The number of hydrazine groups is 1. The Morgan fingerprint density at radius 2 is 1.33 bits per heavy atom. The molecule has 0 aliphatic heterocycles. The fourth-order valence-corrected chi connectivity index (χ4v) is 2.14. The first-order chi connectivity index (χ1) is 14.1. The van der Waals surface area contributed by atoms with Crippen molar-refractivity contribution in [3.05, 3.63) is 57.2 Å². The topological polar surface area (TPSA) is 257 Å². The Morgan fingerprint density at radius 1 is 0.800 bits per heavy atom. The summed E-state index contributed by atoms with van der Waals surface area (Å²) in [6.45, 7) is 0. The van der Waals surface area contributed by atoms with Gasteiger partial charge in [0.25, 0.3) is 0 Å². The third-order valence-corrected chi connectivity index (χ3v) is 3.52. The maximum absolute atomic E-state index is 11.8. The third kappa shape index (κ3) is 5.91. The van der Waals surface area contributed by atoms with Gasteiger partial charge in [-0.3, -0.25) is 5.43 Å². The van der Waals surface area contributed by atoms with E-state index in [4.69, 9.17) is 20.8 Å². The number of benzene rings is 2. The molecule has 17 heteroatoms. The van der Waals surface area contributed by atoms with Gasteiger partial charge in [0.2, 0.25) is 0 Å². The first-order valence-corrected chi connectivity index (χ1v) is 7.79. The summed E-state index contributed by atoms with van der Waals surface area (Å²) in [5.41, 5.74) is 2.26. The van der Waals surface area contributed by atoms with Crippen LogP contribution in [0.4, 0.5) is 38.9 Å². The van der Waals surface area contributed by atoms with Crippen LogP contribution in [0.3, 0.4) is 0 Å². The number of hydrogen-bond acceptors (Lipinski definition) is 11. The summed E-state index contributed by atoms with van der Waals surface area (Å²) in [7, 11) is 0. The Kier molecular flexibility index (Phi) is 7.73. The lowest BCUT2D eigenvalue weighted by Crippen LogP contribution is -3.00. The van der Waals surface area contributed by atoms with Crippen LogP contribution in [0.1, 0.15) is 0 Å². The SMILES string of the molecule is O=C(N=Nc1ccc([NH+]([O-])O)cc1[NH+]([O-])O)NNc1ccc([NH+]([O-])O)cc1[NH+]([O-])O. The number of nitrogens with one attached hydrogen (secondary N) is 6. The van der Waals surface area contributed by atoms with E-state index in [-0.39, 0.29) is 22.7 Å². The lowest BCUT2D eigenvalue weighted by atomic mass is 10.2. The highest BCUT2D eigenvalue weighted by molar-refractivity contribution is 5.78. The summed E-state index contributed by atoms with van der Waals surface area (Å²) in [5, 5.41) is 81.4. The van der Waals surface area contributed by atoms with E-state index in [1.807, 2.05) is 5.43 Å². The van der Waals surface area contributed by atoms with Gasteiger partial charge in [-0.15, -0.1) is 5.11 Å². The largest absolute Gasteiger partial charge is 0.595 e. The fraction of sp³-hybridized carbons (Fsp3) is 0. The molecule has 30 heavy (non-hydrogen) atoms. The summed E-state index contributed by atoms with van der Waals surface area (Å²) in [4.78, 5) is 11.8. The highest BCUT2D eigenvalue weighted by Crippen LogP contribution is 2.24. The number of urea groups is 1. The van der Waals surface area contributed by atoms with E-state index in [1.165, 1.54) is 0 Å². The number of azo groups is 1. The summed E-state index contributed by atoms with van der Waals surface area (Å²) >= 11 is 0. The zero-order chi connectivity index (χ0) is 22.4. The second kappa shape index (κ2) is 10.0. The van der Waals surface area contributed by atoms with Crippen molar-refractivity contribution in [3.63, 3.8) is 0 Å². The predicted molar refractivity (Wildman–Crippen MR) is 92.7 cm³/mol. The van der Waals surface area contributed by atoms with E-state index < -0.39 is 38.3 Å². The first kappa shape index (κ1) is 23.1. The molecule has 0 saturated heterocycles. The van der Waals surface area contributed by atoms with Crippen LogP contribution in [0.5, 0.6) is 0 Å². The van der Waals surface area contributed by atoms with Crippen LogP contribution in [-0.4, -0.2) is 26.9 Å². The standard InChI is InChI=1S/C13H16N8O9/c22-13(16-14-9-3-1-7(18(23)24)5-11(9)20(27)28)17-15-10-4-2-8(19(25)26)6-12(10)21(29)30/h1-6,14,18-21,23,25,27,29H,(H,16,22). The van der Waals surface area contributed by atoms with Crippen LogP contribution >= 0.6 is 0 Å². The number of carbonyl (C=O) groups is 1. The van der Waals surface area contributed by atoms with Crippen LogP contribution in [0.15, 0.2) is 46.6 Å². The van der Waals surface area contributed by atoms with E-state index >= 15 is 0 Å². The number of nitrogens with zero attached hydrogens (tertiary/aromatic N) is 2. The summed E-state index contributed by atoms with van der Waals surface area (Å²) in [6.07, 6.45) is 0. The van der Waals surface area contributed by atoms with Crippen molar-refractivity contribution < 1.29 is 46.5 Å². The Balaban J connectivity index is 2.12. The molecular formula is C13H16N8O9. The maximum atomic E-state index is 11.8. The Labute approximate surface area is 166 Å². The van der Waals surface area contributed by atoms with Crippen molar-refractivity contribution in [2.75, 3.05) is 5.43 Å². The van der Waals surface area contributed by atoms with E-state index in [2.05, 4.69) is 15.7 Å². The zero-order valence-corrected chi connectivity index (χ0v) is 14.7. The van der Waals surface area contributed by atoms with Gasteiger partial charge in [-0.25, -0.2) is 31.0 Å². The minimum Gasteiger partial charge on any atom is -0.595 e. The number of anilines is 1. The normalized spacial score (nSPS) is 15.5. The molecule has 0 radical (unpaired) electrons. The van der Waals surface area contributed by atoms with Gasteiger partial charge in [-0.1, -0.05) is 5.11 Å². The molecule has 2 aromatic carbocycles. The second-order valence-corrected chi connectivity index (χ2v) is 5.47. The quantitative estimate of drug-likeness (QED) is 0.159. The predicted octanol–water partition coefficient (Wildman–Crippen LogP) is -2.88. The fourth-order valence-electron chi connectivity index (χ4n) is 2.14. The Bertz CT molecular complexity index is 921. The van der Waals surface area contributed by atoms with E-state index in [9.17, 15) is 25.6 Å². The van der Waals surface area contributed by atoms with Gasteiger partial charge in [0.1, 0.15) is 5.69 Å². The van der Waals surface area contributed by atoms with Crippen molar-refractivity contribution in [1.29, 1.82) is 0 Å². The molecule has 4 unspecified atom stereocenters. The summed E-state index contributed by atoms with van der Waals surface area (Å²) < 4.78 is 0. The molecule has 2 amide bonds. The van der Waals surface area contributed by atoms with Gasteiger partial charge in [-0.05, 0) is 12.1 Å². The van der Waals surface area contributed by atoms with Gasteiger partial charge in [-0.2, -0.15) is 20.9 Å². The van der Waals surface area contributed by atoms with Gasteiger partial charge in [0.15, 0.2) is 28.4 Å². The molecule has 2 rings (SSSR count). The molecule has 0 spiro atoms. The maximum Gasteiger partial charge on any atom is 0.378 e. The van der Waals surface area contributed by atoms with E-state index in [0.717, 1.165) is 36.4 Å². The Morgan fingerprint density at radius 3 is 1.87 bits per heavy atom. The van der Waals surface area contributed by atoms with Gasteiger partial charge in [0, 0.05) is 12.1 Å². The molecule has 0 aliphatic carbocycles. The lowest BCUT2D eigenvalue weighted by molar-refractivity contribution is -0.996. The van der Waals surface area contributed by atoms with Crippen LogP contribution in [0, 0.1) is 20.8 Å². The summed E-state index contributed by atoms with van der Waals surface area (Å²) in [5.74, 6) is 0. The van der Waals surface area contributed by atoms with Crippen molar-refractivity contribution in [2.45, 2.75) is 0 Å². The van der Waals surface area contributed by atoms with Crippen molar-refractivity contribution in [1.82, 2.24) is 5.43 Å². The molecular weight excluding hydrogens is 412 g/mol. The molecule has 0 aliphatic rings. The second-order valence-electron chi connectivity index (χ2n) is 5.47. The minimum absolute atomic E-state index is 0.145. The molecule has 0 heterocycles. The lowest BCUT2D eigenvalue weighted by Gasteiger charge is -2.19. The molecule has 2 aromatic rings. The first-order valence-electron chi connectivity index (χ1n) is 7.79. The van der Waals surface area contributed by atoms with Gasteiger partial charge < -0.3 is 20.8 Å². The number of amides is 2. The van der Waals surface area contributed by atoms with Crippen LogP contribution in [0.25, 0.3) is 0 Å². The highest BCUT2D eigenvalue weighted by Gasteiger charge is 2.16. The van der Waals surface area contributed by atoms with Gasteiger partial charge >= 0.3 is 6.03 Å². The smallest absolute Gasteiger partial charge is 0.378 e. The number of carbonyl (C=O) groups excluding carboxylic acids is 1. The van der Waals surface area contributed by atoms with Crippen LogP contribution in [0.2, 0.25) is 0 Å². The van der Waals surface area contributed by atoms with Crippen molar-refractivity contribution in [2.24, 2.45) is 10.2 Å². The highest BCUT2D eigenvalue weighted by atomic mass is 16.8. The molecule has 4 atom stereocenters. The molecule has 0 bridgehead atoms. The number of hydrogen-bond donors (Lipinski definition) is 10. The third-order valence-electron chi connectivity index (χ3n) is 3.52. The Hall–Kier alpha value is -3.17. The van der Waals surface area contributed by atoms with Crippen LogP contribution < -0.4 is 31.8 Å². The molecule has 162 valence electrons. The van der Waals surface area contributed by atoms with E-state index in [1.54, 1.807) is 0 Å². The average Bonchev–Trinajstić information content (AvgIpc) is 2.69. The molecule has 0 fully saturated rings. The zero-order valence-electron chi connectivity index (χ0n) is 14.7. The minimum atomic E-state index is -1.49. The number of rotatable bonds is 7. The average molecular weight is 428 g/mol. The van der Waals surface area contributed by atoms with Crippen molar-refractivity contribution in [3.8, 4) is 0 Å². The summed E-state index contributed by atoms with van der Waals surface area (Å²) in [6, 6.07) is 4.91. The number of quaternary nitrogens is 4. The molecule has 0 aromatic heterocycles. The molecule has 17 nitrogen and oxygen atoms in total. The molecule has 0 saturated carbocycles. The monoisotopic (exact) mass is 428 g/mol.